The Morgan fingerprint density at radius 2 is 1.44 bits per heavy atom. The zero-order valence-electron chi connectivity index (χ0n) is 13.2. The van der Waals surface area contributed by atoms with Gasteiger partial charge in [-0.05, 0) is 54.1 Å². The second-order valence-electron chi connectivity index (χ2n) is 5.72. The SMILES string of the molecule is O=C(Cl)c1ccc(Cl)cc1N1CCN(C(=O)c2ccc(Cl)cc2)CC1. The minimum atomic E-state index is -0.522. The molecule has 4 nitrogen and oxygen atoms in total. The van der Waals surface area contributed by atoms with Crippen LogP contribution in [0.1, 0.15) is 20.7 Å². The fourth-order valence-corrected chi connectivity index (χ4v) is 3.31. The van der Waals surface area contributed by atoms with E-state index in [1.807, 2.05) is 4.90 Å². The number of halogens is 3. The van der Waals surface area contributed by atoms with E-state index in [4.69, 9.17) is 34.8 Å². The second-order valence-corrected chi connectivity index (χ2v) is 6.94. The van der Waals surface area contributed by atoms with Crippen molar-refractivity contribution in [1.82, 2.24) is 4.90 Å². The Bertz CT molecular complexity index is 800. The van der Waals surface area contributed by atoms with Gasteiger partial charge in [0.05, 0.1) is 11.3 Å². The number of benzene rings is 2. The number of rotatable bonds is 3. The predicted molar refractivity (Wildman–Crippen MR) is 101 cm³/mol. The molecule has 2 aromatic carbocycles. The van der Waals surface area contributed by atoms with Gasteiger partial charge in [-0.3, -0.25) is 9.59 Å². The zero-order valence-corrected chi connectivity index (χ0v) is 15.5. The van der Waals surface area contributed by atoms with Crippen LogP contribution in [0.5, 0.6) is 0 Å². The molecule has 3 rings (SSSR count). The highest BCUT2D eigenvalue weighted by Gasteiger charge is 2.24. The maximum atomic E-state index is 12.6. The lowest BCUT2D eigenvalue weighted by molar-refractivity contribution is 0.0746. The summed E-state index contributed by atoms with van der Waals surface area (Å²) in [6.45, 7) is 2.28. The molecule has 0 unspecified atom stereocenters. The Labute approximate surface area is 160 Å². The van der Waals surface area contributed by atoms with Gasteiger partial charge in [0.2, 0.25) is 0 Å². The van der Waals surface area contributed by atoms with Crippen molar-refractivity contribution in [1.29, 1.82) is 0 Å². The summed E-state index contributed by atoms with van der Waals surface area (Å²) in [5, 5.41) is 0.614. The van der Waals surface area contributed by atoms with Crippen LogP contribution in [0.15, 0.2) is 42.5 Å². The molecule has 0 saturated carbocycles. The molecule has 1 heterocycles. The molecule has 2 aromatic rings. The van der Waals surface area contributed by atoms with E-state index in [9.17, 15) is 9.59 Å². The van der Waals surface area contributed by atoms with Crippen LogP contribution in [0.2, 0.25) is 10.0 Å². The van der Waals surface area contributed by atoms with Gasteiger partial charge in [-0.1, -0.05) is 23.2 Å². The van der Waals surface area contributed by atoms with Gasteiger partial charge in [0.15, 0.2) is 0 Å². The molecule has 0 N–H and O–H groups in total. The van der Waals surface area contributed by atoms with Crippen molar-refractivity contribution in [2.24, 2.45) is 0 Å². The molecule has 1 saturated heterocycles. The van der Waals surface area contributed by atoms with Crippen molar-refractivity contribution in [3.8, 4) is 0 Å². The van der Waals surface area contributed by atoms with Gasteiger partial charge in [-0.25, -0.2) is 0 Å². The molecule has 0 bridgehead atoms. The van der Waals surface area contributed by atoms with Crippen LogP contribution in [-0.4, -0.2) is 42.2 Å². The Morgan fingerprint density at radius 3 is 2.04 bits per heavy atom. The molecule has 25 heavy (non-hydrogen) atoms. The first-order valence-electron chi connectivity index (χ1n) is 7.75. The highest BCUT2D eigenvalue weighted by atomic mass is 35.5. The van der Waals surface area contributed by atoms with Crippen molar-refractivity contribution < 1.29 is 9.59 Å². The quantitative estimate of drug-likeness (QED) is 0.724. The van der Waals surface area contributed by atoms with E-state index in [0.717, 1.165) is 0 Å². The number of nitrogens with zero attached hydrogens (tertiary/aromatic N) is 2. The lowest BCUT2D eigenvalue weighted by Crippen LogP contribution is -2.49. The average molecular weight is 398 g/mol. The largest absolute Gasteiger partial charge is 0.367 e. The third-order valence-electron chi connectivity index (χ3n) is 4.17. The molecule has 0 aliphatic carbocycles. The first-order valence-corrected chi connectivity index (χ1v) is 8.88. The minimum Gasteiger partial charge on any atom is -0.367 e. The van der Waals surface area contributed by atoms with E-state index in [0.29, 0.717) is 53.0 Å². The third-order valence-corrected chi connectivity index (χ3v) is 4.86. The predicted octanol–water partition coefficient (Wildman–Crippen LogP) is 4.33. The molecular formula is C18H15Cl3N2O2. The standard InChI is InChI=1S/C18H15Cl3N2O2/c19-13-3-1-12(2-4-13)18(25)23-9-7-22(8-10-23)16-11-14(20)5-6-15(16)17(21)24/h1-6,11H,7-10H2. The molecule has 0 atom stereocenters. The first-order chi connectivity index (χ1) is 12.0. The van der Waals surface area contributed by atoms with Gasteiger partial charge in [0.1, 0.15) is 0 Å². The molecule has 7 heteroatoms. The summed E-state index contributed by atoms with van der Waals surface area (Å²) in [4.78, 5) is 28.0. The van der Waals surface area contributed by atoms with E-state index in [2.05, 4.69) is 0 Å². The van der Waals surface area contributed by atoms with Gasteiger partial charge >= 0.3 is 0 Å². The molecule has 0 spiro atoms. The number of carbonyl (C=O) groups is 2. The van der Waals surface area contributed by atoms with Gasteiger partial charge in [0, 0.05) is 41.8 Å². The number of hydrogen-bond donors (Lipinski definition) is 0. The summed E-state index contributed by atoms with van der Waals surface area (Å²) in [5.74, 6) is -0.0314. The normalized spacial score (nSPS) is 14.5. The van der Waals surface area contributed by atoms with Crippen LogP contribution in [-0.2, 0) is 0 Å². The minimum absolute atomic E-state index is 0.0314. The smallest absolute Gasteiger partial charge is 0.254 e. The first kappa shape index (κ1) is 18.1. The van der Waals surface area contributed by atoms with Gasteiger partial charge in [0.25, 0.3) is 11.1 Å². The Hall–Kier alpha value is -1.75. The van der Waals surface area contributed by atoms with E-state index >= 15 is 0 Å². The second kappa shape index (κ2) is 7.65. The van der Waals surface area contributed by atoms with Crippen molar-refractivity contribution in [2.45, 2.75) is 0 Å². The van der Waals surface area contributed by atoms with E-state index < -0.39 is 5.24 Å². The fraction of sp³-hybridized carbons (Fsp3) is 0.222. The number of hydrogen-bond acceptors (Lipinski definition) is 3. The summed E-state index contributed by atoms with van der Waals surface area (Å²) >= 11 is 17.6. The van der Waals surface area contributed by atoms with Gasteiger partial charge < -0.3 is 9.80 Å². The Kier molecular flexibility index (Phi) is 5.52. The summed E-state index contributed by atoms with van der Waals surface area (Å²) in [6, 6.07) is 11.8. The van der Waals surface area contributed by atoms with Crippen LogP contribution in [0, 0.1) is 0 Å². The number of amides is 1. The van der Waals surface area contributed by atoms with Crippen LogP contribution in [0.3, 0.4) is 0 Å². The van der Waals surface area contributed by atoms with Crippen molar-refractivity contribution in [2.75, 3.05) is 31.1 Å². The van der Waals surface area contributed by atoms with E-state index in [1.165, 1.54) is 0 Å². The number of anilines is 1. The fourth-order valence-electron chi connectivity index (χ4n) is 2.86. The lowest BCUT2D eigenvalue weighted by atomic mass is 10.1. The summed E-state index contributed by atoms with van der Waals surface area (Å²) in [7, 11) is 0. The highest BCUT2D eigenvalue weighted by molar-refractivity contribution is 6.68. The van der Waals surface area contributed by atoms with Crippen molar-refractivity contribution in [3.05, 3.63) is 63.6 Å². The molecular weight excluding hydrogens is 383 g/mol. The zero-order chi connectivity index (χ0) is 18.0. The molecule has 130 valence electrons. The van der Waals surface area contributed by atoms with Gasteiger partial charge in [-0.15, -0.1) is 0 Å². The highest BCUT2D eigenvalue weighted by Crippen LogP contribution is 2.27. The topological polar surface area (TPSA) is 40.6 Å². The maximum absolute atomic E-state index is 12.6. The molecule has 0 radical (unpaired) electrons. The molecule has 1 aliphatic heterocycles. The third kappa shape index (κ3) is 4.09. The maximum Gasteiger partial charge on any atom is 0.254 e. The van der Waals surface area contributed by atoms with Gasteiger partial charge in [-0.2, -0.15) is 0 Å². The summed E-state index contributed by atoms with van der Waals surface area (Å²) in [5.41, 5.74) is 1.73. The number of piperazine rings is 1. The van der Waals surface area contributed by atoms with E-state index in [1.54, 1.807) is 47.4 Å². The number of carbonyl (C=O) groups excluding carboxylic acids is 2. The van der Waals surface area contributed by atoms with E-state index in [-0.39, 0.29) is 5.91 Å². The molecule has 1 amide bonds. The van der Waals surface area contributed by atoms with Crippen LogP contribution in [0.25, 0.3) is 0 Å². The molecule has 1 fully saturated rings. The van der Waals surface area contributed by atoms with Crippen LogP contribution < -0.4 is 4.90 Å². The molecule has 1 aliphatic rings. The Morgan fingerprint density at radius 1 is 0.840 bits per heavy atom. The van der Waals surface area contributed by atoms with Crippen LogP contribution in [0.4, 0.5) is 5.69 Å². The summed E-state index contributed by atoms with van der Waals surface area (Å²) in [6.07, 6.45) is 0. The molecule has 0 aromatic heterocycles. The summed E-state index contributed by atoms with van der Waals surface area (Å²) < 4.78 is 0. The van der Waals surface area contributed by atoms with Crippen LogP contribution >= 0.6 is 34.8 Å². The lowest BCUT2D eigenvalue weighted by Gasteiger charge is -2.36. The van der Waals surface area contributed by atoms with Crippen molar-refractivity contribution >= 4 is 51.6 Å². The Balaban J connectivity index is 1.72. The van der Waals surface area contributed by atoms with Crippen molar-refractivity contribution in [3.63, 3.8) is 0 Å². The average Bonchev–Trinajstić information content (AvgIpc) is 2.61. The monoisotopic (exact) mass is 396 g/mol.